The summed E-state index contributed by atoms with van der Waals surface area (Å²) in [6.45, 7) is 4.24. The Morgan fingerprint density at radius 1 is 1.28 bits per heavy atom. The number of carboxylic acids is 1. The number of hydrogen-bond donors (Lipinski definition) is 1. The van der Waals surface area contributed by atoms with E-state index in [0.29, 0.717) is 12.1 Å². The Bertz CT molecular complexity index is 290. The van der Waals surface area contributed by atoms with E-state index in [1.165, 1.54) is 25.7 Å². The molecule has 0 spiro atoms. The van der Waals surface area contributed by atoms with Gasteiger partial charge in [0.1, 0.15) is 0 Å². The number of carboxylic acid groups (broad SMARTS) is 1. The molecular formula is C14H26N2O2. The van der Waals surface area contributed by atoms with Crippen molar-refractivity contribution in [1.29, 1.82) is 0 Å². The number of rotatable bonds is 3. The lowest BCUT2D eigenvalue weighted by Crippen LogP contribution is -2.46. The molecule has 4 nitrogen and oxygen atoms in total. The van der Waals surface area contributed by atoms with Crippen molar-refractivity contribution in [2.75, 3.05) is 20.1 Å². The molecule has 4 heteroatoms. The van der Waals surface area contributed by atoms with Crippen molar-refractivity contribution in [2.45, 2.75) is 63.6 Å². The predicted octanol–water partition coefficient (Wildman–Crippen LogP) is 1.80. The Hall–Kier alpha value is -0.610. The summed E-state index contributed by atoms with van der Waals surface area (Å²) in [5.41, 5.74) is 0. The van der Waals surface area contributed by atoms with E-state index in [9.17, 15) is 4.79 Å². The molecule has 104 valence electrons. The highest BCUT2D eigenvalue weighted by molar-refractivity contribution is 5.67. The highest BCUT2D eigenvalue weighted by Gasteiger charge is 2.33. The largest absolute Gasteiger partial charge is 0.481 e. The third kappa shape index (κ3) is 3.23. The van der Waals surface area contributed by atoms with Crippen molar-refractivity contribution >= 4 is 5.97 Å². The van der Waals surface area contributed by atoms with Crippen LogP contribution in [0, 0.1) is 0 Å². The SMILES string of the molecule is CC1CCN(C)C(CC(=O)O)CN1C1CCCC1. The van der Waals surface area contributed by atoms with Crippen LogP contribution in [0.3, 0.4) is 0 Å². The molecule has 1 saturated heterocycles. The van der Waals surface area contributed by atoms with E-state index in [0.717, 1.165) is 19.5 Å². The summed E-state index contributed by atoms with van der Waals surface area (Å²) in [5, 5.41) is 9.05. The van der Waals surface area contributed by atoms with Crippen LogP contribution < -0.4 is 0 Å². The fourth-order valence-corrected chi connectivity index (χ4v) is 3.47. The van der Waals surface area contributed by atoms with Crippen LogP contribution in [0.4, 0.5) is 0 Å². The van der Waals surface area contributed by atoms with E-state index >= 15 is 0 Å². The number of carbonyl (C=O) groups is 1. The average molecular weight is 254 g/mol. The number of aliphatic carboxylic acids is 1. The van der Waals surface area contributed by atoms with Gasteiger partial charge in [-0.1, -0.05) is 12.8 Å². The standard InChI is InChI=1S/C14H26N2O2/c1-11-7-8-15(2)13(9-14(17)18)10-16(11)12-5-3-4-6-12/h11-13H,3-10H2,1-2H3,(H,17,18). The number of likely N-dealkylation sites (N-methyl/N-ethyl adjacent to an activating group) is 1. The third-order valence-corrected chi connectivity index (χ3v) is 4.71. The summed E-state index contributed by atoms with van der Waals surface area (Å²) < 4.78 is 0. The van der Waals surface area contributed by atoms with Gasteiger partial charge in [0.25, 0.3) is 0 Å². The summed E-state index contributed by atoms with van der Waals surface area (Å²) in [4.78, 5) is 15.8. The van der Waals surface area contributed by atoms with Crippen molar-refractivity contribution in [3.63, 3.8) is 0 Å². The molecule has 1 aliphatic heterocycles. The van der Waals surface area contributed by atoms with Gasteiger partial charge in [0.15, 0.2) is 0 Å². The van der Waals surface area contributed by atoms with Crippen LogP contribution in [0.2, 0.25) is 0 Å². The summed E-state index contributed by atoms with van der Waals surface area (Å²) >= 11 is 0. The van der Waals surface area contributed by atoms with Crippen molar-refractivity contribution in [2.24, 2.45) is 0 Å². The number of nitrogens with zero attached hydrogens (tertiary/aromatic N) is 2. The van der Waals surface area contributed by atoms with Gasteiger partial charge in [-0.25, -0.2) is 0 Å². The Labute approximate surface area is 110 Å². The highest BCUT2D eigenvalue weighted by atomic mass is 16.4. The van der Waals surface area contributed by atoms with Gasteiger partial charge >= 0.3 is 5.97 Å². The van der Waals surface area contributed by atoms with Gasteiger partial charge in [-0.15, -0.1) is 0 Å². The second-order valence-corrected chi connectivity index (χ2v) is 6.01. The quantitative estimate of drug-likeness (QED) is 0.834. The Balaban J connectivity index is 2.04. The zero-order valence-corrected chi connectivity index (χ0v) is 11.6. The summed E-state index contributed by atoms with van der Waals surface area (Å²) in [6, 6.07) is 1.46. The molecule has 0 aromatic rings. The number of hydrogen-bond acceptors (Lipinski definition) is 3. The highest BCUT2D eigenvalue weighted by Crippen LogP contribution is 2.28. The minimum atomic E-state index is -0.673. The first-order valence-corrected chi connectivity index (χ1v) is 7.25. The first kappa shape index (κ1) is 13.8. The smallest absolute Gasteiger partial charge is 0.304 e. The van der Waals surface area contributed by atoms with Gasteiger partial charge in [0.05, 0.1) is 6.42 Å². The maximum absolute atomic E-state index is 11.0. The van der Waals surface area contributed by atoms with Crippen LogP contribution in [0.1, 0.15) is 45.4 Å². The van der Waals surface area contributed by atoms with Crippen LogP contribution >= 0.6 is 0 Å². The maximum Gasteiger partial charge on any atom is 0.304 e. The van der Waals surface area contributed by atoms with Gasteiger partial charge < -0.3 is 10.0 Å². The predicted molar refractivity (Wildman–Crippen MR) is 71.7 cm³/mol. The van der Waals surface area contributed by atoms with Crippen molar-refractivity contribution in [3.05, 3.63) is 0 Å². The molecule has 0 aromatic heterocycles. The normalized spacial score (nSPS) is 32.6. The molecule has 1 saturated carbocycles. The van der Waals surface area contributed by atoms with Gasteiger partial charge in [0, 0.05) is 24.7 Å². The molecule has 1 N–H and O–H groups in total. The lowest BCUT2D eigenvalue weighted by Gasteiger charge is -2.35. The molecule has 2 atom stereocenters. The zero-order chi connectivity index (χ0) is 13.1. The van der Waals surface area contributed by atoms with Gasteiger partial charge in [-0.2, -0.15) is 0 Å². The van der Waals surface area contributed by atoms with E-state index in [1.54, 1.807) is 0 Å². The molecule has 0 bridgehead atoms. The zero-order valence-electron chi connectivity index (χ0n) is 11.6. The van der Waals surface area contributed by atoms with E-state index in [1.807, 2.05) is 0 Å². The first-order valence-electron chi connectivity index (χ1n) is 7.25. The Kier molecular flexibility index (Phi) is 4.62. The molecule has 18 heavy (non-hydrogen) atoms. The lowest BCUT2D eigenvalue weighted by molar-refractivity contribution is -0.138. The van der Waals surface area contributed by atoms with Crippen molar-refractivity contribution in [1.82, 2.24) is 9.80 Å². The molecule has 1 aliphatic carbocycles. The van der Waals surface area contributed by atoms with Crippen LogP contribution in [-0.2, 0) is 4.79 Å². The van der Waals surface area contributed by atoms with E-state index in [4.69, 9.17) is 5.11 Å². The van der Waals surface area contributed by atoms with Gasteiger partial charge in [0.2, 0.25) is 0 Å². The molecular weight excluding hydrogens is 228 g/mol. The minimum Gasteiger partial charge on any atom is -0.481 e. The second-order valence-electron chi connectivity index (χ2n) is 6.01. The summed E-state index contributed by atoms with van der Waals surface area (Å²) in [7, 11) is 2.07. The molecule has 1 heterocycles. The van der Waals surface area contributed by atoms with Gasteiger partial charge in [-0.05, 0) is 39.8 Å². The fraction of sp³-hybridized carbons (Fsp3) is 0.929. The summed E-state index contributed by atoms with van der Waals surface area (Å²) in [6.07, 6.45) is 6.71. The molecule has 0 aromatic carbocycles. The van der Waals surface area contributed by atoms with Crippen LogP contribution in [0.25, 0.3) is 0 Å². The van der Waals surface area contributed by atoms with Crippen LogP contribution in [0.5, 0.6) is 0 Å². The fourth-order valence-electron chi connectivity index (χ4n) is 3.47. The van der Waals surface area contributed by atoms with Crippen molar-refractivity contribution < 1.29 is 9.90 Å². The monoisotopic (exact) mass is 254 g/mol. The summed E-state index contributed by atoms with van der Waals surface area (Å²) in [5.74, 6) is -0.673. The topological polar surface area (TPSA) is 43.8 Å². The average Bonchev–Trinajstić information content (AvgIpc) is 2.79. The van der Waals surface area contributed by atoms with Crippen LogP contribution in [-0.4, -0.2) is 59.1 Å². The molecule has 0 radical (unpaired) electrons. The minimum absolute atomic E-state index is 0.174. The van der Waals surface area contributed by atoms with Crippen LogP contribution in [0.15, 0.2) is 0 Å². The molecule has 0 amide bonds. The van der Waals surface area contributed by atoms with Crippen molar-refractivity contribution in [3.8, 4) is 0 Å². The molecule has 2 fully saturated rings. The molecule has 2 aliphatic rings. The third-order valence-electron chi connectivity index (χ3n) is 4.71. The van der Waals surface area contributed by atoms with E-state index in [-0.39, 0.29) is 12.5 Å². The Morgan fingerprint density at radius 2 is 1.94 bits per heavy atom. The molecule has 2 rings (SSSR count). The lowest BCUT2D eigenvalue weighted by atomic mass is 10.1. The van der Waals surface area contributed by atoms with E-state index < -0.39 is 5.97 Å². The first-order chi connectivity index (χ1) is 8.58. The maximum atomic E-state index is 11.0. The van der Waals surface area contributed by atoms with Gasteiger partial charge in [-0.3, -0.25) is 9.69 Å². The van der Waals surface area contributed by atoms with E-state index in [2.05, 4.69) is 23.8 Å². The molecule has 2 unspecified atom stereocenters. The second kappa shape index (κ2) is 6.02. The Morgan fingerprint density at radius 3 is 2.56 bits per heavy atom.